The number of nitrogens with zero attached hydrogens (tertiary/aromatic N) is 2. The zero-order valence-electron chi connectivity index (χ0n) is 12.8. The lowest BCUT2D eigenvalue weighted by Gasteiger charge is -2.14. The fourth-order valence-corrected chi connectivity index (χ4v) is 2.86. The highest BCUT2D eigenvalue weighted by atomic mass is 16.5. The van der Waals surface area contributed by atoms with Crippen LogP contribution >= 0.6 is 0 Å². The SMILES string of the molecule is CC(=O)NC[C@H]1CCN(Cc2cc(-c3ccccc3)no2)C1. The van der Waals surface area contributed by atoms with Crippen LogP contribution in [0.2, 0.25) is 0 Å². The van der Waals surface area contributed by atoms with Gasteiger partial charge in [0.2, 0.25) is 5.91 Å². The fourth-order valence-electron chi connectivity index (χ4n) is 2.86. The smallest absolute Gasteiger partial charge is 0.216 e. The minimum Gasteiger partial charge on any atom is -0.359 e. The molecule has 5 nitrogen and oxygen atoms in total. The molecule has 1 aliphatic rings. The number of hydrogen-bond acceptors (Lipinski definition) is 4. The average molecular weight is 299 g/mol. The molecule has 0 saturated carbocycles. The first-order chi connectivity index (χ1) is 10.7. The lowest BCUT2D eigenvalue weighted by Crippen LogP contribution is -2.29. The molecule has 1 aliphatic heterocycles. The van der Waals surface area contributed by atoms with Crippen LogP contribution in [0.5, 0.6) is 0 Å². The largest absolute Gasteiger partial charge is 0.359 e. The Morgan fingerprint density at radius 3 is 3.00 bits per heavy atom. The van der Waals surface area contributed by atoms with Crippen LogP contribution < -0.4 is 5.32 Å². The molecule has 0 aliphatic carbocycles. The molecule has 116 valence electrons. The molecule has 0 radical (unpaired) electrons. The highest BCUT2D eigenvalue weighted by molar-refractivity contribution is 5.72. The third-order valence-electron chi connectivity index (χ3n) is 4.02. The van der Waals surface area contributed by atoms with Gasteiger partial charge < -0.3 is 9.84 Å². The molecule has 1 saturated heterocycles. The van der Waals surface area contributed by atoms with Crippen molar-refractivity contribution in [2.45, 2.75) is 19.9 Å². The van der Waals surface area contributed by atoms with E-state index in [1.807, 2.05) is 36.4 Å². The van der Waals surface area contributed by atoms with Crippen LogP contribution in [0.15, 0.2) is 40.9 Å². The molecule has 0 spiro atoms. The Bertz CT molecular complexity index is 624. The number of benzene rings is 1. The Hall–Kier alpha value is -2.14. The van der Waals surface area contributed by atoms with Gasteiger partial charge >= 0.3 is 0 Å². The van der Waals surface area contributed by atoms with Crippen LogP contribution in [0, 0.1) is 5.92 Å². The van der Waals surface area contributed by atoms with Gasteiger partial charge in [0.1, 0.15) is 5.69 Å². The molecule has 22 heavy (non-hydrogen) atoms. The maximum absolute atomic E-state index is 11.0. The van der Waals surface area contributed by atoms with Crippen LogP contribution in [0.1, 0.15) is 19.1 Å². The van der Waals surface area contributed by atoms with E-state index in [-0.39, 0.29) is 5.91 Å². The van der Waals surface area contributed by atoms with Gasteiger partial charge in [-0.05, 0) is 18.9 Å². The molecular formula is C17H21N3O2. The Kier molecular flexibility index (Phi) is 4.53. The van der Waals surface area contributed by atoms with Gasteiger partial charge in [0.15, 0.2) is 5.76 Å². The van der Waals surface area contributed by atoms with E-state index in [0.717, 1.165) is 49.6 Å². The fraction of sp³-hybridized carbons (Fsp3) is 0.412. The quantitative estimate of drug-likeness (QED) is 0.920. The van der Waals surface area contributed by atoms with Crippen LogP contribution in [0.3, 0.4) is 0 Å². The van der Waals surface area contributed by atoms with E-state index in [1.54, 1.807) is 6.92 Å². The Morgan fingerprint density at radius 2 is 2.23 bits per heavy atom. The van der Waals surface area contributed by atoms with E-state index in [2.05, 4.69) is 15.4 Å². The minimum atomic E-state index is 0.0428. The first-order valence-corrected chi connectivity index (χ1v) is 7.68. The molecule has 1 fully saturated rings. The molecular weight excluding hydrogens is 278 g/mol. The normalized spacial score (nSPS) is 18.5. The van der Waals surface area contributed by atoms with E-state index in [9.17, 15) is 4.79 Å². The number of amides is 1. The lowest BCUT2D eigenvalue weighted by atomic mass is 10.1. The minimum absolute atomic E-state index is 0.0428. The monoisotopic (exact) mass is 299 g/mol. The van der Waals surface area contributed by atoms with Gasteiger partial charge in [-0.2, -0.15) is 0 Å². The summed E-state index contributed by atoms with van der Waals surface area (Å²) in [7, 11) is 0. The average Bonchev–Trinajstić information content (AvgIpc) is 3.16. The highest BCUT2D eigenvalue weighted by Gasteiger charge is 2.23. The summed E-state index contributed by atoms with van der Waals surface area (Å²) < 4.78 is 5.45. The Balaban J connectivity index is 1.54. The van der Waals surface area contributed by atoms with Crippen LogP contribution in [0.4, 0.5) is 0 Å². The second-order valence-corrected chi connectivity index (χ2v) is 5.87. The third-order valence-corrected chi connectivity index (χ3v) is 4.02. The molecule has 5 heteroatoms. The number of carbonyl (C=O) groups excluding carboxylic acids is 1. The molecule has 1 N–H and O–H groups in total. The molecule has 1 aromatic carbocycles. The summed E-state index contributed by atoms with van der Waals surface area (Å²) >= 11 is 0. The second kappa shape index (κ2) is 6.75. The van der Waals surface area contributed by atoms with E-state index < -0.39 is 0 Å². The Labute approximate surface area is 130 Å². The third kappa shape index (κ3) is 3.74. The van der Waals surface area contributed by atoms with Crippen LogP contribution in [-0.4, -0.2) is 35.6 Å². The lowest BCUT2D eigenvalue weighted by molar-refractivity contribution is -0.119. The van der Waals surface area contributed by atoms with Gasteiger partial charge in [-0.15, -0.1) is 0 Å². The molecule has 2 heterocycles. The molecule has 1 amide bonds. The predicted molar refractivity (Wildman–Crippen MR) is 84.0 cm³/mol. The number of likely N-dealkylation sites (tertiary alicyclic amines) is 1. The molecule has 0 bridgehead atoms. The van der Waals surface area contributed by atoms with Crippen molar-refractivity contribution in [2.75, 3.05) is 19.6 Å². The van der Waals surface area contributed by atoms with Gasteiger partial charge in [-0.1, -0.05) is 35.5 Å². The zero-order chi connectivity index (χ0) is 15.4. The van der Waals surface area contributed by atoms with Gasteiger partial charge in [0, 0.05) is 31.6 Å². The van der Waals surface area contributed by atoms with Crippen LogP contribution in [0.25, 0.3) is 11.3 Å². The number of hydrogen-bond donors (Lipinski definition) is 1. The summed E-state index contributed by atoms with van der Waals surface area (Å²) in [4.78, 5) is 13.3. The van der Waals surface area contributed by atoms with Crippen LogP contribution in [-0.2, 0) is 11.3 Å². The first-order valence-electron chi connectivity index (χ1n) is 7.68. The maximum Gasteiger partial charge on any atom is 0.216 e. The van der Waals surface area contributed by atoms with Crippen molar-refractivity contribution in [3.63, 3.8) is 0 Å². The second-order valence-electron chi connectivity index (χ2n) is 5.87. The van der Waals surface area contributed by atoms with Crippen molar-refractivity contribution >= 4 is 5.91 Å². The van der Waals surface area contributed by atoms with Crippen molar-refractivity contribution < 1.29 is 9.32 Å². The summed E-state index contributed by atoms with van der Waals surface area (Å²) in [5.74, 6) is 1.46. The van der Waals surface area contributed by atoms with Gasteiger partial charge in [0.25, 0.3) is 0 Å². The van der Waals surface area contributed by atoms with Gasteiger partial charge in [0.05, 0.1) is 6.54 Å². The van der Waals surface area contributed by atoms with E-state index in [1.165, 1.54) is 0 Å². The van der Waals surface area contributed by atoms with Crippen molar-refractivity contribution in [1.82, 2.24) is 15.4 Å². The number of rotatable bonds is 5. The summed E-state index contributed by atoms with van der Waals surface area (Å²) in [6, 6.07) is 12.1. The van der Waals surface area contributed by atoms with Crippen molar-refractivity contribution in [1.29, 1.82) is 0 Å². The summed E-state index contributed by atoms with van der Waals surface area (Å²) in [6.07, 6.45) is 1.11. The summed E-state index contributed by atoms with van der Waals surface area (Å²) in [5.41, 5.74) is 1.95. The number of aromatic nitrogens is 1. The molecule has 2 aromatic rings. The molecule has 1 aromatic heterocycles. The predicted octanol–water partition coefficient (Wildman–Crippen LogP) is 2.30. The van der Waals surface area contributed by atoms with E-state index in [0.29, 0.717) is 5.92 Å². The summed E-state index contributed by atoms with van der Waals surface area (Å²) in [6.45, 7) is 5.12. The van der Waals surface area contributed by atoms with Crippen molar-refractivity contribution in [3.8, 4) is 11.3 Å². The molecule has 0 unspecified atom stereocenters. The van der Waals surface area contributed by atoms with Crippen molar-refractivity contribution in [3.05, 3.63) is 42.2 Å². The zero-order valence-corrected chi connectivity index (χ0v) is 12.8. The standard InChI is InChI=1S/C17H21N3O2/c1-13(21)18-10-14-7-8-20(11-14)12-16-9-17(19-22-16)15-5-3-2-4-6-15/h2-6,9,14H,7-8,10-12H2,1H3,(H,18,21)/t14-/m1/s1. The molecule has 3 rings (SSSR count). The van der Waals surface area contributed by atoms with E-state index >= 15 is 0 Å². The van der Waals surface area contributed by atoms with Gasteiger partial charge in [-0.25, -0.2) is 0 Å². The Morgan fingerprint density at radius 1 is 1.41 bits per heavy atom. The van der Waals surface area contributed by atoms with Crippen molar-refractivity contribution in [2.24, 2.45) is 5.92 Å². The van der Waals surface area contributed by atoms with Gasteiger partial charge in [-0.3, -0.25) is 9.69 Å². The summed E-state index contributed by atoms with van der Waals surface area (Å²) in [5, 5.41) is 7.04. The molecule has 1 atom stereocenters. The first kappa shape index (κ1) is 14.8. The number of carbonyl (C=O) groups is 1. The topological polar surface area (TPSA) is 58.4 Å². The highest BCUT2D eigenvalue weighted by Crippen LogP contribution is 2.22. The number of nitrogens with one attached hydrogen (secondary N) is 1. The van der Waals surface area contributed by atoms with E-state index in [4.69, 9.17) is 4.52 Å². The maximum atomic E-state index is 11.0.